The van der Waals surface area contributed by atoms with Crippen molar-refractivity contribution in [2.24, 2.45) is 0 Å². The van der Waals surface area contributed by atoms with Gasteiger partial charge in [-0.3, -0.25) is 4.79 Å². The van der Waals surface area contributed by atoms with Crippen LogP contribution in [0.5, 0.6) is 0 Å². The number of morpholine rings is 1. The molecular formula is C25H27N5O2. The summed E-state index contributed by atoms with van der Waals surface area (Å²) in [7, 11) is 0. The quantitative estimate of drug-likeness (QED) is 0.665. The predicted molar refractivity (Wildman–Crippen MR) is 126 cm³/mol. The van der Waals surface area contributed by atoms with Crippen LogP contribution in [-0.2, 0) is 4.74 Å². The van der Waals surface area contributed by atoms with Gasteiger partial charge in [0.05, 0.1) is 13.2 Å². The van der Waals surface area contributed by atoms with Crippen LogP contribution < -0.4 is 15.1 Å². The second-order valence-electron chi connectivity index (χ2n) is 8.15. The van der Waals surface area contributed by atoms with Gasteiger partial charge in [0.15, 0.2) is 0 Å². The largest absolute Gasteiger partial charge is 0.378 e. The average Bonchev–Trinajstić information content (AvgIpc) is 3.40. The van der Waals surface area contributed by atoms with Gasteiger partial charge in [-0.05, 0) is 54.8 Å². The van der Waals surface area contributed by atoms with Crippen LogP contribution in [0.3, 0.4) is 0 Å². The molecule has 0 saturated carbocycles. The van der Waals surface area contributed by atoms with E-state index in [1.807, 2.05) is 60.9 Å². The molecular weight excluding hydrogens is 402 g/mol. The molecule has 32 heavy (non-hydrogen) atoms. The summed E-state index contributed by atoms with van der Waals surface area (Å²) in [5.41, 5.74) is 4.34. The molecule has 2 saturated heterocycles. The monoisotopic (exact) mass is 429 g/mol. The highest BCUT2D eigenvalue weighted by Crippen LogP contribution is 2.23. The van der Waals surface area contributed by atoms with Gasteiger partial charge in [-0.2, -0.15) is 0 Å². The standard InChI is InChI=1S/C25H27N5O2/c31-24(28-22-6-8-23(9-7-22)29-12-14-32-15-13-29)20-5-3-4-19(16-20)21-17-26-25(27-18-21)30-10-1-2-11-30/h3-9,16-18H,1-2,10-15H2,(H,28,31). The Hall–Kier alpha value is -3.45. The Morgan fingerprint density at radius 1 is 0.844 bits per heavy atom. The number of benzene rings is 2. The maximum absolute atomic E-state index is 12.8. The molecule has 5 rings (SSSR count). The molecule has 164 valence electrons. The highest BCUT2D eigenvalue weighted by molar-refractivity contribution is 6.05. The molecule has 0 spiro atoms. The van der Waals surface area contributed by atoms with Crippen LogP contribution in [0.1, 0.15) is 23.2 Å². The van der Waals surface area contributed by atoms with Crippen molar-refractivity contribution < 1.29 is 9.53 Å². The Morgan fingerprint density at radius 3 is 2.28 bits per heavy atom. The molecule has 7 nitrogen and oxygen atoms in total. The molecule has 0 radical (unpaired) electrons. The van der Waals surface area contributed by atoms with Crippen molar-refractivity contribution in [3.8, 4) is 11.1 Å². The van der Waals surface area contributed by atoms with E-state index >= 15 is 0 Å². The maximum Gasteiger partial charge on any atom is 0.255 e. The Kier molecular flexibility index (Phi) is 5.98. The zero-order valence-corrected chi connectivity index (χ0v) is 18.0. The summed E-state index contributed by atoms with van der Waals surface area (Å²) >= 11 is 0. The zero-order valence-electron chi connectivity index (χ0n) is 18.0. The number of rotatable bonds is 5. The first kappa shape index (κ1) is 20.5. The van der Waals surface area contributed by atoms with E-state index in [2.05, 4.69) is 25.1 Å². The van der Waals surface area contributed by atoms with Gasteiger partial charge in [0.2, 0.25) is 5.95 Å². The van der Waals surface area contributed by atoms with Crippen LogP contribution in [0.4, 0.5) is 17.3 Å². The molecule has 3 aromatic rings. The number of hydrogen-bond donors (Lipinski definition) is 1. The summed E-state index contributed by atoms with van der Waals surface area (Å²) in [5, 5.41) is 2.99. The number of ether oxygens (including phenoxy) is 1. The molecule has 0 atom stereocenters. The summed E-state index contributed by atoms with van der Waals surface area (Å²) in [4.78, 5) is 26.4. The zero-order chi connectivity index (χ0) is 21.8. The first-order chi connectivity index (χ1) is 15.8. The molecule has 3 heterocycles. The summed E-state index contributed by atoms with van der Waals surface area (Å²) in [6, 6.07) is 15.5. The lowest BCUT2D eigenvalue weighted by Crippen LogP contribution is -2.36. The van der Waals surface area contributed by atoms with Gasteiger partial charge in [0, 0.05) is 61.1 Å². The van der Waals surface area contributed by atoms with Crippen LogP contribution in [0.2, 0.25) is 0 Å². The Morgan fingerprint density at radius 2 is 1.56 bits per heavy atom. The van der Waals surface area contributed by atoms with Gasteiger partial charge in [-0.15, -0.1) is 0 Å². The van der Waals surface area contributed by atoms with E-state index in [9.17, 15) is 4.79 Å². The first-order valence-electron chi connectivity index (χ1n) is 11.2. The molecule has 2 fully saturated rings. The van der Waals surface area contributed by atoms with Crippen molar-refractivity contribution in [3.05, 3.63) is 66.5 Å². The molecule has 7 heteroatoms. The van der Waals surface area contributed by atoms with Crippen molar-refractivity contribution in [2.45, 2.75) is 12.8 Å². The first-order valence-corrected chi connectivity index (χ1v) is 11.2. The normalized spacial score (nSPS) is 16.2. The molecule has 1 aromatic heterocycles. The van der Waals surface area contributed by atoms with Gasteiger partial charge < -0.3 is 19.9 Å². The fourth-order valence-electron chi connectivity index (χ4n) is 4.17. The number of amides is 1. The van der Waals surface area contributed by atoms with E-state index in [1.165, 1.54) is 12.8 Å². The molecule has 2 aromatic carbocycles. The summed E-state index contributed by atoms with van der Waals surface area (Å²) < 4.78 is 5.41. The minimum absolute atomic E-state index is 0.138. The smallest absolute Gasteiger partial charge is 0.255 e. The lowest BCUT2D eigenvalue weighted by molar-refractivity contribution is 0.102. The molecule has 2 aliphatic rings. The minimum Gasteiger partial charge on any atom is -0.378 e. The summed E-state index contributed by atoms with van der Waals surface area (Å²) in [5.74, 6) is 0.640. The van der Waals surface area contributed by atoms with Gasteiger partial charge in [0.25, 0.3) is 5.91 Å². The number of aromatic nitrogens is 2. The van der Waals surface area contributed by atoms with Gasteiger partial charge in [0.1, 0.15) is 0 Å². The van der Waals surface area contributed by atoms with Crippen molar-refractivity contribution in [3.63, 3.8) is 0 Å². The van der Waals surface area contributed by atoms with Crippen LogP contribution in [0.25, 0.3) is 11.1 Å². The van der Waals surface area contributed by atoms with E-state index in [0.717, 1.165) is 67.8 Å². The van der Waals surface area contributed by atoms with Crippen molar-refractivity contribution >= 4 is 23.2 Å². The predicted octanol–water partition coefficient (Wildman–Crippen LogP) is 3.83. The van der Waals surface area contributed by atoms with Crippen molar-refractivity contribution in [1.29, 1.82) is 0 Å². The number of nitrogens with one attached hydrogen (secondary N) is 1. The Bertz CT molecular complexity index is 1060. The van der Waals surface area contributed by atoms with Crippen molar-refractivity contribution in [2.75, 3.05) is 54.5 Å². The second kappa shape index (κ2) is 9.36. The second-order valence-corrected chi connectivity index (χ2v) is 8.15. The Balaban J connectivity index is 1.26. The topological polar surface area (TPSA) is 70.6 Å². The molecule has 0 unspecified atom stereocenters. The third-order valence-electron chi connectivity index (χ3n) is 5.99. The average molecular weight is 430 g/mol. The summed E-state index contributed by atoms with van der Waals surface area (Å²) in [6.07, 6.45) is 6.06. The van der Waals surface area contributed by atoms with Crippen molar-refractivity contribution in [1.82, 2.24) is 9.97 Å². The van der Waals surface area contributed by atoms with E-state index in [1.54, 1.807) is 0 Å². The number of anilines is 3. The third kappa shape index (κ3) is 4.57. The van der Waals surface area contributed by atoms with E-state index < -0.39 is 0 Å². The molecule has 1 amide bonds. The molecule has 0 bridgehead atoms. The SMILES string of the molecule is O=C(Nc1ccc(N2CCOCC2)cc1)c1cccc(-c2cnc(N3CCCC3)nc2)c1. The lowest BCUT2D eigenvalue weighted by atomic mass is 10.1. The number of nitrogens with zero attached hydrogens (tertiary/aromatic N) is 4. The van der Waals surface area contributed by atoms with Crippen LogP contribution in [0, 0.1) is 0 Å². The van der Waals surface area contributed by atoms with Gasteiger partial charge >= 0.3 is 0 Å². The lowest BCUT2D eigenvalue weighted by Gasteiger charge is -2.28. The molecule has 1 N–H and O–H groups in total. The van der Waals surface area contributed by atoms with E-state index in [-0.39, 0.29) is 5.91 Å². The summed E-state index contributed by atoms with van der Waals surface area (Å²) in [6.45, 7) is 5.31. The van der Waals surface area contributed by atoms with E-state index in [4.69, 9.17) is 4.74 Å². The fraction of sp³-hybridized carbons (Fsp3) is 0.320. The highest BCUT2D eigenvalue weighted by Gasteiger charge is 2.15. The highest BCUT2D eigenvalue weighted by atomic mass is 16.5. The third-order valence-corrected chi connectivity index (χ3v) is 5.99. The molecule has 0 aliphatic carbocycles. The number of carbonyl (C=O) groups excluding carboxylic acids is 1. The fourth-order valence-corrected chi connectivity index (χ4v) is 4.17. The van der Waals surface area contributed by atoms with E-state index in [0.29, 0.717) is 5.56 Å². The van der Waals surface area contributed by atoms with Gasteiger partial charge in [-0.25, -0.2) is 9.97 Å². The van der Waals surface area contributed by atoms with Crippen LogP contribution in [-0.4, -0.2) is 55.3 Å². The van der Waals surface area contributed by atoms with Crippen LogP contribution >= 0.6 is 0 Å². The molecule has 2 aliphatic heterocycles. The van der Waals surface area contributed by atoms with Crippen LogP contribution in [0.15, 0.2) is 60.9 Å². The van der Waals surface area contributed by atoms with Gasteiger partial charge in [-0.1, -0.05) is 12.1 Å². The number of hydrogen-bond acceptors (Lipinski definition) is 6. The Labute approximate surface area is 188 Å². The minimum atomic E-state index is -0.138. The maximum atomic E-state index is 12.8. The number of carbonyl (C=O) groups is 1.